The number of methoxy groups -OCH3 is 1. The first kappa shape index (κ1) is 32.2. The molecule has 0 fully saturated rings. The first-order valence-electron chi connectivity index (χ1n) is 14.5. The topological polar surface area (TPSA) is 119 Å². The van der Waals surface area contributed by atoms with Crippen molar-refractivity contribution in [1.82, 2.24) is 10.5 Å². The van der Waals surface area contributed by atoms with E-state index < -0.39 is 21.8 Å². The van der Waals surface area contributed by atoms with Gasteiger partial charge in [0.25, 0.3) is 16.0 Å². The summed E-state index contributed by atoms with van der Waals surface area (Å²) in [4.78, 5) is 14.6. The number of carbonyl (C=O) groups is 1. The average molecular weight is 645 g/mol. The molecule has 1 amide bonds. The van der Waals surface area contributed by atoms with Crippen molar-refractivity contribution >= 4 is 27.4 Å². The summed E-state index contributed by atoms with van der Waals surface area (Å²) in [6.07, 6.45) is 0.618. The molecule has 8 nitrogen and oxygen atoms in total. The van der Waals surface area contributed by atoms with Crippen molar-refractivity contribution in [2.45, 2.75) is 38.5 Å². The largest absolute Gasteiger partial charge is 0.497 e. The van der Waals surface area contributed by atoms with Crippen LogP contribution >= 0.6 is 11.3 Å². The van der Waals surface area contributed by atoms with Gasteiger partial charge in [0.05, 0.1) is 23.4 Å². The third-order valence-electron chi connectivity index (χ3n) is 7.59. The fourth-order valence-corrected chi connectivity index (χ4v) is 6.30. The van der Waals surface area contributed by atoms with Crippen LogP contribution in [0.5, 0.6) is 5.75 Å². The molecule has 2 heterocycles. The number of nitrogens with one attached hydrogen (secondary N) is 1. The lowest BCUT2D eigenvalue weighted by atomic mass is 9.83. The molecule has 3 aromatic carbocycles. The molecule has 0 aliphatic carbocycles. The van der Waals surface area contributed by atoms with Gasteiger partial charge in [-0.2, -0.15) is 8.42 Å². The van der Waals surface area contributed by atoms with Gasteiger partial charge in [-0.1, -0.05) is 62.3 Å². The van der Waals surface area contributed by atoms with E-state index in [9.17, 15) is 13.2 Å². The molecule has 0 spiro atoms. The smallest absolute Gasteiger partial charge is 0.266 e. The van der Waals surface area contributed by atoms with Gasteiger partial charge in [-0.05, 0) is 82.6 Å². The minimum Gasteiger partial charge on any atom is -0.497 e. The normalized spacial score (nSPS) is 12.6. The summed E-state index contributed by atoms with van der Waals surface area (Å²) < 4.78 is 42.0. The lowest BCUT2D eigenvalue weighted by Crippen LogP contribution is -2.28. The molecule has 0 bridgehead atoms. The van der Waals surface area contributed by atoms with Crippen LogP contribution in [0.3, 0.4) is 0 Å². The highest BCUT2D eigenvalue weighted by Gasteiger charge is 2.22. The fourth-order valence-electron chi connectivity index (χ4n) is 4.98. The molecule has 10 heteroatoms. The monoisotopic (exact) mass is 644 g/mol. The summed E-state index contributed by atoms with van der Waals surface area (Å²) in [6.45, 7) is 6.38. The van der Waals surface area contributed by atoms with Gasteiger partial charge in [-0.3, -0.25) is 9.35 Å². The van der Waals surface area contributed by atoms with Gasteiger partial charge in [0, 0.05) is 29.0 Å². The van der Waals surface area contributed by atoms with Crippen LogP contribution in [0.4, 0.5) is 0 Å². The molecule has 45 heavy (non-hydrogen) atoms. The van der Waals surface area contributed by atoms with Gasteiger partial charge in [0.15, 0.2) is 5.76 Å². The quantitative estimate of drug-likeness (QED) is 0.144. The molecule has 0 radical (unpaired) electrons. The van der Waals surface area contributed by atoms with Crippen molar-refractivity contribution in [3.63, 3.8) is 0 Å². The Morgan fingerprint density at radius 2 is 1.62 bits per heavy atom. The Morgan fingerprint density at radius 1 is 0.956 bits per heavy atom. The van der Waals surface area contributed by atoms with E-state index in [4.69, 9.17) is 13.8 Å². The molecular formula is C35H36N2O6S2. The Labute approximate surface area is 267 Å². The predicted molar refractivity (Wildman–Crippen MR) is 178 cm³/mol. The molecule has 1 unspecified atom stereocenters. The Morgan fingerprint density at radius 3 is 2.24 bits per heavy atom. The van der Waals surface area contributed by atoms with Crippen molar-refractivity contribution in [1.29, 1.82) is 0 Å². The standard InChI is InChI=1S/C35H36N2O6S2/c1-35(2,3)27-13-9-24(10-14-27)29(21-23-5-7-26(8-6-23)34(38)36-19-20-45(39,40)41)30-22-31(43-37-30)33-18-17-32(44-33)25-11-15-28(42-4)16-12-25/h5-18,22,29H,19-21H2,1-4H3,(H,36,38)(H,39,40,41). The summed E-state index contributed by atoms with van der Waals surface area (Å²) in [5.74, 6) is 0.451. The molecule has 0 saturated carbocycles. The molecule has 1 atom stereocenters. The van der Waals surface area contributed by atoms with E-state index >= 15 is 0 Å². The number of amides is 1. The van der Waals surface area contributed by atoms with E-state index in [2.05, 4.69) is 61.6 Å². The zero-order chi connectivity index (χ0) is 32.2. The van der Waals surface area contributed by atoms with Gasteiger partial charge in [-0.15, -0.1) is 11.3 Å². The van der Waals surface area contributed by atoms with Gasteiger partial charge in [-0.25, -0.2) is 0 Å². The predicted octanol–water partition coefficient (Wildman–Crippen LogP) is 7.37. The number of hydrogen-bond acceptors (Lipinski definition) is 7. The third-order valence-corrected chi connectivity index (χ3v) is 9.46. The van der Waals surface area contributed by atoms with Crippen LogP contribution in [0, 0.1) is 0 Å². The maximum Gasteiger partial charge on any atom is 0.266 e. The summed E-state index contributed by atoms with van der Waals surface area (Å²) in [5.41, 5.74) is 5.65. The summed E-state index contributed by atoms with van der Waals surface area (Å²) in [6, 6.07) is 29.9. The Bertz CT molecular complexity index is 1850. The third kappa shape index (κ3) is 8.27. The van der Waals surface area contributed by atoms with Crippen LogP contribution in [0.2, 0.25) is 0 Å². The van der Waals surface area contributed by atoms with Crippen LogP contribution in [0.25, 0.3) is 21.1 Å². The van der Waals surface area contributed by atoms with E-state index in [0.29, 0.717) is 17.7 Å². The second-order valence-corrected chi connectivity index (χ2v) is 14.5. The van der Waals surface area contributed by atoms with Gasteiger partial charge in [0.2, 0.25) is 0 Å². The lowest BCUT2D eigenvalue weighted by molar-refractivity contribution is 0.0956. The average Bonchev–Trinajstić information content (AvgIpc) is 3.70. The first-order chi connectivity index (χ1) is 21.4. The number of carbonyl (C=O) groups excluding carboxylic acids is 1. The summed E-state index contributed by atoms with van der Waals surface area (Å²) in [7, 11) is -2.50. The number of rotatable bonds is 11. The van der Waals surface area contributed by atoms with E-state index in [-0.39, 0.29) is 17.9 Å². The van der Waals surface area contributed by atoms with Gasteiger partial charge < -0.3 is 14.6 Å². The van der Waals surface area contributed by atoms with Crippen LogP contribution in [-0.4, -0.2) is 43.4 Å². The maximum absolute atomic E-state index is 12.5. The molecule has 2 aromatic heterocycles. The number of hydrogen-bond donors (Lipinski definition) is 2. The fraction of sp³-hybridized carbons (Fsp3) is 0.257. The van der Waals surface area contributed by atoms with Crippen molar-refractivity contribution in [2.24, 2.45) is 0 Å². The van der Waals surface area contributed by atoms with E-state index in [1.54, 1.807) is 30.6 Å². The zero-order valence-electron chi connectivity index (χ0n) is 25.6. The molecule has 5 rings (SSSR count). The highest BCUT2D eigenvalue weighted by Crippen LogP contribution is 2.38. The SMILES string of the molecule is COc1ccc(-c2ccc(-c3cc(C(Cc4ccc(C(=O)NCCS(=O)(=O)O)cc4)c4ccc(C(C)(C)C)cc4)no3)s2)cc1. The second-order valence-electron chi connectivity index (χ2n) is 11.9. The van der Waals surface area contributed by atoms with E-state index in [1.807, 2.05) is 48.5 Å². The van der Waals surface area contributed by atoms with Crippen LogP contribution < -0.4 is 10.1 Å². The van der Waals surface area contributed by atoms with Crippen molar-refractivity contribution in [2.75, 3.05) is 19.4 Å². The summed E-state index contributed by atoms with van der Waals surface area (Å²) >= 11 is 1.63. The Hall–Kier alpha value is -4.25. The molecule has 5 aromatic rings. The number of benzene rings is 3. The van der Waals surface area contributed by atoms with E-state index in [0.717, 1.165) is 37.9 Å². The Balaban J connectivity index is 1.39. The molecular weight excluding hydrogens is 609 g/mol. The minimum atomic E-state index is -4.15. The maximum atomic E-state index is 12.5. The molecule has 0 aliphatic heterocycles. The molecule has 0 aliphatic rings. The van der Waals surface area contributed by atoms with Crippen molar-refractivity contribution < 1.29 is 27.0 Å². The molecule has 2 N–H and O–H groups in total. The van der Waals surface area contributed by atoms with E-state index in [1.165, 1.54) is 5.56 Å². The number of thiophene rings is 1. The van der Waals surface area contributed by atoms with Gasteiger partial charge >= 0.3 is 0 Å². The van der Waals surface area contributed by atoms with Crippen molar-refractivity contribution in [3.05, 3.63) is 119 Å². The molecule has 0 saturated heterocycles. The van der Waals surface area contributed by atoms with Crippen LogP contribution in [0.1, 0.15) is 59.4 Å². The minimum absolute atomic E-state index is 0.0214. The highest BCUT2D eigenvalue weighted by atomic mass is 32.2. The molecule has 234 valence electrons. The van der Waals surface area contributed by atoms with Crippen molar-refractivity contribution in [3.8, 4) is 26.8 Å². The number of aromatic nitrogens is 1. The van der Waals surface area contributed by atoms with Crippen LogP contribution in [-0.2, 0) is 22.0 Å². The number of nitrogens with zero attached hydrogens (tertiary/aromatic N) is 1. The van der Waals surface area contributed by atoms with Gasteiger partial charge in [0.1, 0.15) is 5.75 Å². The first-order valence-corrected chi connectivity index (χ1v) is 17.0. The Kier molecular flexibility index (Phi) is 9.57. The zero-order valence-corrected chi connectivity index (χ0v) is 27.2. The second kappa shape index (κ2) is 13.4. The highest BCUT2D eigenvalue weighted by molar-refractivity contribution is 7.85. The van der Waals surface area contributed by atoms with Crippen LogP contribution in [0.15, 0.2) is 95.5 Å². The lowest BCUT2D eigenvalue weighted by Gasteiger charge is -2.21. The number of ether oxygens (including phenoxy) is 1. The summed E-state index contributed by atoms with van der Waals surface area (Å²) in [5, 5.41) is 7.04.